The van der Waals surface area contributed by atoms with Gasteiger partial charge in [0.25, 0.3) is 0 Å². The van der Waals surface area contributed by atoms with Crippen molar-refractivity contribution in [2.45, 2.75) is 26.2 Å². The summed E-state index contributed by atoms with van der Waals surface area (Å²) in [5.74, 6) is 0.929. The van der Waals surface area contributed by atoms with Crippen LogP contribution >= 0.6 is 0 Å². The fraction of sp³-hybridized carbons (Fsp3) is 0.417. The van der Waals surface area contributed by atoms with Crippen molar-refractivity contribution in [2.75, 3.05) is 39.3 Å². The fourth-order valence-corrected chi connectivity index (χ4v) is 3.73. The summed E-state index contributed by atoms with van der Waals surface area (Å²) in [5, 5.41) is 14.4. The Kier molecular flexibility index (Phi) is 7.59. The average molecular weight is 441 g/mol. The van der Waals surface area contributed by atoms with E-state index in [0.717, 1.165) is 31.7 Å². The quantitative estimate of drug-likeness (QED) is 0.548. The first-order chi connectivity index (χ1) is 15.6. The van der Waals surface area contributed by atoms with E-state index in [9.17, 15) is 9.50 Å². The zero-order chi connectivity index (χ0) is 22.3. The average Bonchev–Trinajstić information content (AvgIpc) is 3.25. The largest absolute Gasteiger partial charge is 0.389 e. The molecule has 1 aliphatic rings. The molecule has 2 aromatic carbocycles. The van der Waals surface area contributed by atoms with Crippen molar-refractivity contribution in [3.05, 3.63) is 71.4 Å². The molecular weight excluding hydrogens is 411 g/mol. The Labute approximate surface area is 187 Å². The number of aromatic nitrogens is 2. The van der Waals surface area contributed by atoms with Crippen LogP contribution in [-0.4, -0.2) is 70.5 Å². The third kappa shape index (κ3) is 6.20. The standard InChI is InChI=1S/C24H29FN4O3/c1-18-6-8-19(9-7-18)24-26-23(32-27-24)15-29-12-10-28(11-13-29)14-21(30)17-31-16-20-4-2-3-5-22(20)25/h2-9,21,30H,10-17H2,1H3/t21-/m1/s1. The summed E-state index contributed by atoms with van der Waals surface area (Å²) in [6, 6.07) is 14.6. The monoisotopic (exact) mass is 440 g/mol. The number of hydrogen-bond acceptors (Lipinski definition) is 7. The van der Waals surface area contributed by atoms with E-state index in [1.54, 1.807) is 18.2 Å². The molecule has 1 aliphatic heterocycles. The normalized spacial score (nSPS) is 16.3. The number of piperazine rings is 1. The molecule has 1 fully saturated rings. The molecule has 0 unspecified atom stereocenters. The molecule has 32 heavy (non-hydrogen) atoms. The van der Waals surface area contributed by atoms with Crippen LogP contribution in [0.3, 0.4) is 0 Å². The van der Waals surface area contributed by atoms with Crippen molar-refractivity contribution < 1.29 is 18.8 Å². The predicted molar refractivity (Wildman–Crippen MR) is 118 cm³/mol. The number of nitrogens with zero attached hydrogens (tertiary/aromatic N) is 4. The van der Waals surface area contributed by atoms with E-state index in [4.69, 9.17) is 9.26 Å². The highest BCUT2D eigenvalue weighted by Gasteiger charge is 2.21. The Morgan fingerprint density at radius 2 is 1.78 bits per heavy atom. The van der Waals surface area contributed by atoms with Crippen molar-refractivity contribution in [3.63, 3.8) is 0 Å². The van der Waals surface area contributed by atoms with Crippen molar-refractivity contribution in [1.29, 1.82) is 0 Å². The Hall–Kier alpha value is -2.65. The van der Waals surface area contributed by atoms with Crippen molar-refractivity contribution >= 4 is 0 Å². The highest BCUT2D eigenvalue weighted by atomic mass is 19.1. The molecular formula is C24H29FN4O3. The number of hydrogen-bond donors (Lipinski definition) is 1. The molecule has 4 rings (SSSR count). The highest BCUT2D eigenvalue weighted by molar-refractivity contribution is 5.54. The molecule has 170 valence electrons. The van der Waals surface area contributed by atoms with Crippen LogP contribution < -0.4 is 0 Å². The number of halogens is 1. The molecule has 8 heteroatoms. The van der Waals surface area contributed by atoms with Gasteiger partial charge in [0.15, 0.2) is 0 Å². The number of aliphatic hydroxyl groups excluding tert-OH is 1. The van der Waals surface area contributed by atoms with Gasteiger partial charge in [-0.05, 0) is 13.0 Å². The zero-order valence-corrected chi connectivity index (χ0v) is 18.3. The second kappa shape index (κ2) is 10.8. The van der Waals surface area contributed by atoms with Crippen LogP contribution in [0.4, 0.5) is 4.39 Å². The number of β-amino-alcohol motifs (C(OH)–C–C–N with tert-alkyl or cyclic N) is 1. The third-order valence-corrected chi connectivity index (χ3v) is 5.60. The summed E-state index contributed by atoms with van der Waals surface area (Å²) in [6.07, 6.45) is -0.610. The Morgan fingerprint density at radius 3 is 2.53 bits per heavy atom. The molecule has 7 nitrogen and oxygen atoms in total. The molecule has 1 atom stereocenters. The first-order valence-corrected chi connectivity index (χ1v) is 10.9. The first-order valence-electron chi connectivity index (χ1n) is 10.9. The summed E-state index contributed by atoms with van der Waals surface area (Å²) in [4.78, 5) is 9.00. The third-order valence-electron chi connectivity index (χ3n) is 5.60. The van der Waals surface area contributed by atoms with Gasteiger partial charge in [-0.15, -0.1) is 0 Å². The summed E-state index contributed by atoms with van der Waals surface area (Å²) in [5.41, 5.74) is 2.64. The van der Waals surface area contributed by atoms with Gasteiger partial charge in [0.05, 0.1) is 25.9 Å². The molecule has 1 saturated heterocycles. The lowest BCUT2D eigenvalue weighted by Crippen LogP contribution is -2.48. The van der Waals surface area contributed by atoms with Gasteiger partial charge < -0.3 is 14.4 Å². The maximum atomic E-state index is 13.6. The van der Waals surface area contributed by atoms with E-state index in [0.29, 0.717) is 30.4 Å². The van der Waals surface area contributed by atoms with Crippen LogP contribution in [0, 0.1) is 12.7 Å². The molecule has 1 aromatic heterocycles. The van der Waals surface area contributed by atoms with Crippen molar-refractivity contribution in [3.8, 4) is 11.4 Å². The maximum Gasteiger partial charge on any atom is 0.241 e. The molecule has 0 spiro atoms. The Bertz CT molecular complexity index is 987. The molecule has 0 amide bonds. The first kappa shape index (κ1) is 22.5. The number of rotatable bonds is 9. The van der Waals surface area contributed by atoms with Gasteiger partial charge in [-0.25, -0.2) is 4.39 Å². The SMILES string of the molecule is Cc1ccc(-c2noc(CN3CCN(C[C@@H](O)COCc4ccccc4F)CC3)n2)cc1. The van der Waals surface area contributed by atoms with Crippen LogP contribution in [0.5, 0.6) is 0 Å². The molecule has 0 saturated carbocycles. The summed E-state index contributed by atoms with van der Waals surface area (Å²) in [7, 11) is 0. The minimum absolute atomic E-state index is 0.159. The van der Waals surface area contributed by atoms with E-state index in [1.165, 1.54) is 11.6 Å². The van der Waals surface area contributed by atoms with Gasteiger partial charge in [-0.3, -0.25) is 9.80 Å². The molecule has 0 aliphatic carbocycles. The van der Waals surface area contributed by atoms with Gasteiger partial charge >= 0.3 is 0 Å². The van der Waals surface area contributed by atoms with Crippen LogP contribution in [0.15, 0.2) is 53.1 Å². The predicted octanol–water partition coefficient (Wildman–Crippen LogP) is 2.88. The van der Waals surface area contributed by atoms with E-state index in [1.807, 2.05) is 31.2 Å². The molecule has 3 aromatic rings. The van der Waals surface area contributed by atoms with Crippen LogP contribution in [0.1, 0.15) is 17.0 Å². The van der Waals surface area contributed by atoms with Gasteiger partial charge in [0.1, 0.15) is 5.82 Å². The van der Waals surface area contributed by atoms with Crippen molar-refractivity contribution in [2.24, 2.45) is 0 Å². The minimum Gasteiger partial charge on any atom is -0.389 e. The topological polar surface area (TPSA) is 74.9 Å². The van der Waals surface area contributed by atoms with E-state index >= 15 is 0 Å². The number of ether oxygens (including phenoxy) is 1. The zero-order valence-electron chi connectivity index (χ0n) is 18.3. The number of benzene rings is 2. The molecule has 0 radical (unpaired) electrons. The lowest BCUT2D eigenvalue weighted by Gasteiger charge is -2.34. The molecule has 2 heterocycles. The van der Waals surface area contributed by atoms with Crippen LogP contribution in [-0.2, 0) is 17.9 Å². The molecule has 0 bridgehead atoms. The summed E-state index contributed by atoms with van der Waals surface area (Å²) < 4.78 is 24.5. The number of aliphatic hydroxyl groups is 1. The Balaban J connectivity index is 1.17. The van der Waals surface area contributed by atoms with Crippen LogP contribution in [0.25, 0.3) is 11.4 Å². The summed E-state index contributed by atoms with van der Waals surface area (Å²) >= 11 is 0. The van der Waals surface area contributed by atoms with Gasteiger partial charge in [0.2, 0.25) is 11.7 Å². The lowest BCUT2D eigenvalue weighted by molar-refractivity contribution is -0.000349. The summed E-state index contributed by atoms with van der Waals surface area (Å²) in [6.45, 7) is 6.90. The number of aryl methyl sites for hydroxylation is 1. The fourth-order valence-electron chi connectivity index (χ4n) is 3.73. The van der Waals surface area contributed by atoms with Gasteiger partial charge in [0, 0.05) is 43.9 Å². The second-order valence-corrected chi connectivity index (χ2v) is 8.21. The molecule has 1 N–H and O–H groups in total. The van der Waals surface area contributed by atoms with Crippen molar-refractivity contribution in [1.82, 2.24) is 19.9 Å². The Morgan fingerprint density at radius 1 is 1.06 bits per heavy atom. The van der Waals surface area contributed by atoms with Crippen LogP contribution in [0.2, 0.25) is 0 Å². The smallest absolute Gasteiger partial charge is 0.241 e. The second-order valence-electron chi connectivity index (χ2n) is 8.21. The lowest BCUT2D eigenvalue weighted by atomic mass is 10.1. The van der Waals surface area contributed by atoms with E-state index < -0.39 is 6.10 Å². The van der Waals surface area contributed by atoms with Gasteiger partial charge in [-0.1, -0.05) is 53.2 Å². The minimum atomic E-state index is -0.610. The maximum absolute atomic E-state index is 13.6. The van der Waals surface area contributed by atoms with Gasteiger partial charge in [-0.2, -0.15) is 4.98 Å². The highest BCUT2D eigenvalue weighted by Crippen LogP contribution is 2.17. The van der Waals surface area contributed by atoms with E-state index in [-0.39, 0.29) is 19.0 Å². The van der Waals surface area contributed by atoms with E-state index in [2.05, 4.69) is 19.9 Å².